The molecule has 1 aliphatic rings. The van der Waals surface area contributed by atoms with E-state index in [9.17, 15) is 14.0 Å². The van der Waals surface area contributed by atoms with Crippen molar-refractivity contribution < 1.29 is 14.0 Å². The zero-order chi connectivity index (χ0) is 17.8. The van der Waals surface area contributed by atoms with E-state index in [1.54, 1.807) is 21.9 Å². The van der Waals surface area contributed by atoms with Crippen LogP contribution in [0.3, 0.4) is 0 Å². The Kier molecular flexibility index (Phi) is 4.97. The van der Waals surface area contributed by atoms with Crippen molar-refractivity contribution >= 4 is 23.3 Å². The predicted octanol–water partition coefficient (Wildman–Crippen LogP) is 3.12. The number of hydrogen-bond donors (Lipinski definition) is 0. The molecule has 0 atom stereocenters. The molecular formula is C19H20FN3O2. The highest BCUT2D eigenvalue weighted by Crippen LogP contribution is 2.21. The minimum Gasteiger partial charge on any atom is -0.313 e. The van der Waals surface area contributed by atoms with E-state index in [0.29, 0.717) is 25.3 Å². The number of likely N-dealkylation sites (N-methyl/N-ethyl adjacent to an activating group) is 1. The van der Waals surface area contributed by atoms with Crippen LogP contribution in [0.25, 0.3) is 0 Å². The van der Waals surface area contributed by atoms with Gasteiger partial charge in [-0.1, -0.05) is 18.2 Å². The van der Waals surface area contributed by atoms with E-state index in [4.69, 9.17) is 0 Å². The van der Waals surface area contributed by atoms with Gasteiger partial charge in [0.1, 0.15) is 12.4 Å². The van der Waals surface area contributed by atoms with Gasteiger partial charge in [0.25, 0.3) is 0 Å². The first-order chi connectivity index (χ1) is 12.1. The van der Waals surface area contributed by atoms with Crippen molar-refractivity contribution in [2.75, 3.05) is 36.0 Å². The molecular weight excluding hydrogens is 321 g/mol. The van der Waals surface area contributed by atoms with Gasteiger partial charge in [0.05, 0.1) is 0 Å². The number of rotatable bonds is 5. The van der Waals surface area contributed by atoms with Gasteiger partial charge in [0.2, 0.25) is 5.91 Å². The highest BCUT2D eigenvalue weighted by Gasteiger charge is 2.31. The lowest BCUT2D eigenvalue weighted by Crippen LogP contribution is -2.42. The molecule has 130 valence electrons. The highest BCUT2D eigenvalue weighted by molar-refractivity contribution is 6.00. The SMILES string of the molecule is CCN(C(=O)CN1CCN(c2ccc(F)cc2)C1=O)c1ccccc1. The zero-order valence-electron chi connectivity index (χ0n) is 14.1. The lowest BCUT2D eigenvalue weighted by atomic mass is 10.3. The summed E-state index contributed by atoms with van der Waals surface area (Å²) < 4.78 is 13.0. The Bertz CT molecular complexity index is 749. The fourth-order valence-corrected chi connectivity index (χ4v) is 2.95. The molecule has 0 spiro atoms. The fraction of sp³-hybridized carbons (Fsp3) is 0.263. The van der Waals surface area contributed by atoms with E-state index in [2.05, 4.69) is 0 Å². The van der Waals surface area contributed by atoms with Crippen LogP contribution >= 0.6 is 0 Å². The Morgan fingerprint density at radius 3 is 2.40 bits per heavy atom. The average Bonchev–Trinajstić information content (AvgIpc) is 2.98. The second-order valence-electron chi connectivity index (χ2n) is 5.81. The van der Waals surface area contributed by atoms with Gasteiger partial charge in [-0.3, -0.25) is 9.69 Å². The third kappa shape index (κ3) is 3.63. The molecule has 6 heteroatoms. The maximum absolute atomic E-state index is 13.0. The van der Waals surface area contributed by atoms with Crippen LogP contribution in [-0.4, -0.2) is 43.0 Å². The molecule has 0 aromatic heterocycles. The monoisotopic (exact) mass is 341 g/mol. The van der Waals surface area contributed by atoms with Crippen LogP contribution < -0.4 is 9.80 Å². The Morgan fingerprint density at radius 2 is 1.76 bits per heavy atom. The van der Waals surface area contributed by atoms with Crippen molar-refractivity contribution in [2.24, 2.45) is 0 Å². The third-order valence-corrected chi connectivity index (χ3v) is 4.24. The van der Waals surface area contributed by atoms with Crippen LogP contribution in [0.1, 0.15) is 6.92 Å². The summed E-state index contributed by atoms with van der Waals surface area (Å²) in [6, 6.07) is 15.0. The Hall–Kier alpha value is -2.89. The summed E-state index contributed by atoms with van der Waals surface area (Å²) in [5.41, 5.74) is 1.45. The molecule has 3 rings (SSSR count). The molecule has 25 heavy (non-hydrogen) atoms. The van der Waals surface area contributed by atoms with Crippen molar-refractivity contribution in [1.29, 1.82) is 0 Å². The summed E-state index contributed by atoms with van der Waals surface area (Å²) in [6.45, 7) is 3.41. The van der Waals surface area contributed by atoms with Crippen LogP contribution in [0, 0.1) is 5.82 Å². The summed E-state index contributed by atoms with van der Waals surface area (Å²) in [5.74, 6) is -0.466. The molecule has 1 heterocycles. The molecule has 0 unspecified atom stereocenters. The molecule has 0 N–H and O–H groups in total. The minimum absolute atomic E-state index is 0.0270. The molecule has 3 amide bonds. The molecule has 0 radical (unpaired) electrons. The van der Waals surface area contributed by atoms with Gasteiger partial charge in [-0.25, -0.2) is 9.18 Å². The van der Waals surface area contributed by atoms with Crippen LogP contribution in [0.2, 0.25) is 0 Å². The van der Waals surface area contributed by atoms with E-state index < -0.39 is 0 Å². The number of carbonyl (C=O) groups excluding carboxylic acids is 2. The van der Waals surface area contributed by atoms with E-state index in [0.717, 1.165) is 5.69 Å². The maximum Gasteiger partial charge on any atom is 0.325 e. The average molecular weight is 341 g/mol. The first kappa shape index (κ1) is 17.0. The molecule has 0 aliphatic carbocycles. The van der Waals surface area contributed by atoms with E-state index in [1.807, 2.05) is 37.3 Å². The number of anilines is 2. The Balaban J connectivity index is 1.68. The molecule has 5 nitrogen and oxygen atoms in total. The van der Waals surface area contributed by atoms with Gasteiger partial charge in [-0.05, 0) is 43.3 Å². The Morgan fingerprint density at radius 1 is 1.08 bits per heavy atom. The number of para-hydroxylation sites is 1. The summed E-state index contributed by atoms with van der Waals surface area (Å²) in [5, 5.41) is 0. The van der Waals surface area contributed by atoms with Crippen molar-refractivity contribution in [1.82, 2.24) is 4.90 Å². The lowest BCUT2D eigenvalue weighted by Gasteiger charge is -2.24. The number of hydrogen-bond acceptors (Lipinski definition) is 2. The quantitative estimate of drug-likeness (QED) is 0.839. The fourth-order valence-electron chi connectivity index (χ4n) is 2.95. The molecule has 0 saturated carbocycles. The van der Waals surface area contributed by atoms with Gasteiger partial charge < -0.3 is 9.80 Å². The second kappa shape index (κ2) is 7.34. The number of halogens is 1. The second-order valence-corrected chi connectivity index (χ2v) is 5.81. The van der Waals surface area contributed by atoms with E-state index in [1.165, 1.54) is 17.0 Å². The van der Waals surface area contributed by atoms with Gasteiger partial charge >= 0.3 is 6.03 Å². The molecule has 2 aromatic rings. The van der Waals surface area contributed by atoms with E-state index >= 15 is 0 Å². The van der Waals surface area contributed by atoms with Gasteiger partial charge in [-0.2, -0.15) is 0 Å². The number of carbonyl (C=O) groups is 2. The number of amides is 3. The molecule has 0 bridgehead atoms. The molecule has 1 saturated heterocycles. The van der Waals surface area contributed by atoms with Crippen molar-refractivity contribution in [3.05, 3.63) is 60.4 Å². The summed E-state index contributed by atoms with van der Waals surface area (Å²) in [7, 11) is 0. The van der Waals surface area contributed by atoms with Crippen LogP contribution in [-0.2, 0) is 4.79 Å². The molecule has 2 aromatic carbocycles. The predicted molar refractivity (Wildman–Crippen MR) is 95.2 cm³/mol. The first-order valence-electron chi connectivity index (χ1n) is 8.27. The number of benzene rings is 2. The lowest BCUT2D eigenvalue weighted by molar-refractivity contribution is -0.119. The topological polar surface area (TPSA) is 43.9 Å². The van der Waals surface area contributed by atoms with Gasteiger partial charge in [0, 0.05) is 31.0 Å². The van der Waals surface area contributed by atoms with Crippen LogP contribution in [0.4, 0.5) is 20.6 Å². The summed E-state index contributed by atoms with van der Waals surface area (Å²) in [4.78, 5) is 29.9. The summed E-state index contributed by atoms with van der Waals surface area (Å²) in [6.07, 6.45) is 0. The number of nitrogens with zero attached hydrogens (tertiary/aromatic N) is 3. The smallest absolute Gasteiger partial charge is 0.313 e. The van der Waals surface area contributed by atoms with Crippen molar-refractivity contribution in [3.63, 3.8) is 0 Å². The summed E-state index contributed by atoms with van der Waals surface area (Å²) >= 11 is 0. The minimum atomic E-state index is -0.344. The van der Waals surface area contributed by atoms with Crippen LogP contribution in [0.5, 0.6) is 0 Å². The molecule has 1 aliphatic heterocycles. The highest BCUT2D eigenvalue weighted by atomic mass is 19.1. The standard InChI is InChI=1S/C19H20FN3O2/c1-2-22(16-6-4-3-5-7-16)18(24)14-21-12-13-23(19(21)25)17-10-8-15(20)9-11-17/h3-11H,2,12-14H2,1H3. The molecule has 1 fully saturated rings. The first-order valence-corrected chi connectivity index (χ1v) is 8.27. The third-order valence-electron chi connectivity index (χ3n) is 4.24. The largest absolute Gasteiger partial charge is 0.325 e. The van der Waals surface area contributed by atoms with Gasteiger partial charge in [-0.15, -0.1) is 0 Å². The normalized spacial score (nSPS) is 14.1. The number of urea groups is 1. The van der Waals surface area contributed by atoms with Crippen molar-refractivity contribution in [3.8, 4) is 0 Å². The maximum atomic E-state index is 13.0. The zero-order valence-corrected chi connectivity index (χ0v) is 14.1. The van der Waals surface area contributed by atoms with E-state index in [-0.39, 0.29) is 24.3 Å². The van der Waals surface area contributed by atoms with Gasteiger partial charge in [0.15, 0.2) is 0 Å². The van der Waals surface area contributed by atoms with Crippen LogP contribution in [0.15, 0.2) is 54.6 Å². The Labute approximate surface area is 146 Å². The van der Waals surface area contributed by atoms with Crippen molar-refractivity contribution in [2.45, 2.75) is 6.92 Å².